The lowest BCUT2D eigenvalue weighted by atomic mass is 9.63. The van der Waals surface area contributed by atoms with Crippen molar-refractivity contribution in [2.75, 3.05) is 0 Å². The molecule has 9 aromatic carbocycles. The van der Waals surface area contributed by atoms with Gasteiger partial charge in [0.2, 0.25) is 0 Å². The molecule has 0 amide bonds. The topological polar surface area (TPSA) is 57.2 Å². The van der Waals surface area contributed by atoms with Crippen molar-refractivity contribution >= 4 is 27.5 Å². The van der Waals surface area contributed by atoms with Gasteiger partial charge in [-0.25, -0.2) is 19.8 Å². The molecule has 0 aliphatic carbocycles. The lowest BCUT2D eigenvalue weighted by Crippen LogP contribution is -2.34. The average Bonchev–Trinajstić information content (AvgIpc) is 3.71. The van der Waals surface area contributed by atoms with E-state index in [1.165, 1.54) is 0 Å². The third-order valence-corrected chi connectivity index (χ3v) is 12.6. The van der Waals surface area contributed by atoms with Crippen LogP contribution >= 0.6 is 0 Å². The van der Waals surface area contributed by atoms with Crippen molar-refractivity contribution in [3.05, 3.63) is 258 Å². The Kier molecular flexibility index (Phi) is 8.99. The van der Waals surface area contributed by atoms with E-state index in [-0.39, 0.29) is 0 Å². The van der Waals surface area contributed by atoms with Gasteiger partial charge in [-0.2, -0.15) is 0 Å². The molecule has 1 aliphatic rings. The smallest absolute Gasteiger partial charge is 0.188 e. The molecular weight excluding hydrogens is 795 g/mol. The minimum Gasteiger partial charge on any atom is -0.457 e. The van der Waals surface area contributed by atoms with Crippen molar-refractivity contribution in [1.82, 2.24) is 19.5 Å². The van der Waals surface area contributed by atoms with Crippen LogP contribution in [0, 0.1) is 6.57 Å². The fourth-order valence-electron chi connectivity index (χ4n) is 9.62. The molecule has 0 bridgehead atoms. The molecule has 0 saturated heterocycles. The SMILES string of the molecule is [C-]#[N+]c1ccc2c(c1)c1cc(-c3ccc4c(c3)C(c3ccccc3)(c3ccccc3)c3cc(-c5nc(-c6ccccc6)nc(-c6ccccc6)n5)ccc3O4)ccc1n2-c1ccccc1. The molecule has 1 aliphatic heterocycles. The molecule has 6 nitrogen and oxygen atoms in total. The Morgan fingerprint density at radius 2 is 0.831 bits per heavy atom. The highest BCUT2D eigenvalue weighted by Crippen LogP contribution is 2.56. The van der Waals surface area contributed by atoms with E-state index in [9.17, 15) is 0 Å². The molecule has 0 saturated carbocycles. The van der Waals surface area contributed by atoms with Gasteiger partial charge in [-0.15, -0.1) is 0 Å². The number of nitrogens with zero attached hydrogens (tertiary/aromatic N) is 5. The average molecular weight is 832 g/mol. The van der Waals surface area contributed by atoms with Gasteiger partial charge in [0.15, 0.2) is 23.2 Å². The van der Waals surface area contributed by atoms with E-state index in [1.807, 2.05) is 78.9 Å². The fourth-order valence-corrected chi connectivity index (χ4v) is 9.62. The predicted molar refractivity (Wildman–Crippen MR) is 261 cm³/mol. The van der Waals surface area contributed by atoms with Gasteiger partial charge in [-0.1, -0.05) is 158 Å². The van der Waals surface area contributed by atoms with Crippen molar-refractivity contribution in [3.8, 4) is 62.5 Å². The van der Waals surface area contributed by atoms with Gasteiger partial charge in [0.05, 0.1) is 23.0 Å². The van der Waals surface area contributed by atoms with Crippen LogP contribution in [0.25, 0.3) is 77.6 Å². The molecule has 0 fully saturated rings. The predicted octanol–water partition coefficient (Wildman–Crippen LogP) is 14.7. The Hall–Kier alpha value is -8.92. The molecule has 304 valence electrons. The quantitative estimate of drug-likeness (QED) is 0.150. The first kappa shape index (κ1) is 37.8. The first-order chi connectivity index (χ1) is 32.2. The van der Waals surface area contributed by atoms with Crippen molar-refractivity contribution in [2.24, 2.45) is 0 Å². The molecule has 12 rings (SSSR count). The zero-order valence-corrected chi connectivity index (χ0v) is 35.0. The summed E-state index contributed by atoms with van der Waals surface area (Å²) >= 11 is 0. The van der Waals surface area contributed by atoms with E-state index in [0.717, 1.165) is 89.1 Å². The summed E-state index contributed by atoms with van der Waals surface area (Å²) in [6.07, 6.45) is 0. The maximum Gasteiger partial charge on any atom is 0.188 e. The number of benzene rings is 9. The van der Waals surface area contributed by atoms with Gasteiger partial charge in [0, 0.05) is 38.9 Å². The number of hydrogen-bond donors (Lipinski definition) is 0. The summed E-state index contributed by atoms with van der Waals surface area (Å²) in [6.45, 7) is 7.84. The molecular formula is C59H37N5O. The Morgan fingerprint density at radius 3 is 1.38 bits per heavy atom. The van der Waals surface area contributed by atoms with Gasteiger partial charge in [0.1, 0.15) is 11.5 Å². The third-order valence-electron chi connectivity index (χ3n) is 12.6. The Morgan fingerprint density at radius 1 is 0.400 bits per heavy atom. The zero-order chi connectivity index (χ0) is 43.3. The molecule has 65 heavy (non-hydrogen) atoms. The van der Waals surface area contributed by atoms with Crippen molar-refractivity contribution in [3.63, 3.8) is 0 Å². The monoisotopic (exact) mass is 831 g/mol. The second kappa shape index (κ2) is 15.5. The summed E-state index contributed by atoms with van der Waals surface area (Å²) in [5, 5.41) is 2.12. The third kappa shape index (κ3) is 6.29. The van der Waals surface area contributed by atoms with E-state index in [0.29, 0.717) is 23.2 Å². The summed E-state index contributed by atoms with van der Waals surface area (Å²) in [5.74, 6) is 3.31. The minimum atomic E-state index is -0.813. The van der Waals surface area contributed by atoms with Crippen LogP contribution in [0.4, 0.5) is 5.69 Å². The van der Waals surface area contributed by atoms with Crippen LogP contribution in [-0.2, 0) is 5.41 Å². The van der Waals surface area contributed by atoms with Gasteiger partial charge >= 0.3 is 0 Å². The summed E-state index contributed by atoms with van der Waals surface area (Å²) in [4.78, 5) is 19.1. The highest BCUT2D eigenvalue weighted by atomic mass is 16.5. The number of aromatic nitrogens is 4. The zero-order valence-electron chi connectivity index (χ0n) is 35.0. The molecule has 6 heteroatoms. The first-order valence-electron chi connectivity index (χ1n) is 21.6. The molecule has 0 N–H and O–H groups in total. The lowest BCUT2D eigenvalue weighted by Gasteiger charge is -2.42. The van der Waals surface area contributed by atoms with Crippen LogP contribution in [0.5, 0.6) is 11.5 Å². The number of rotatable bonds is 7. The molecule has 0 unspecified atom stereocenters. The van der Waals surface area contributed by atoms with Gasteiger partial charge in [0.25, 0.3) is 0 Å². The first-order valence-corrected chi connectivity index (χ1v) is 21.6. The summed E-state index contributed by atoms with van der Waals surface area (Å²) < 4.78 is 9.25. The van der Waals surface area contributed by atoms with E-state index in [2.05, 4.69) is 155 Å². The Labute approximate surface area is 376 Å². The van der Waals surface area contributed by atoms with Crippen molar-refractivity contribution in [1.29, 1.82) is 0 Å². The normalized spacial score (nSPS) is 12.5. The van der Waals surface area contributed by atoms with Crippen LogP contribution < -0.4 is 4.74 Å². The molecule has 0 spiro atoms. The summed E-state index contributed by atoms with van der Waals surface area (Å²) in [7, 11) is 0. The second-order valence-electron chi connectivity index (χ2n) is 16.3. The van der Waals surface area contributed by atoms with E-state index in [1.54, 1.807) is 0 Å². The standard InChI is InChI=1S/C59H37N5O/c1-60-46-30-32-53-49(38-46)48-35-41(27-31-52(48)64(53)47-25-15-6-16-26-47)42-28-33-54-50(36-42)59(44-21-11-4-12-22-44,45-23-13-5-14-24-45)51-37-43(29-34-55(51)65-54)58-62-56(39-17-7-2-8-18-39)61-57(63-58)40-19-9-3-10-20-40/h2-38H. The van der Waals surface area contributed by atoms with Gasteiger partial charge in [-0.3, -0.25) is 0 Å². The van der Waals surface area contributed by atoms with Crippen LogP contribution in [0.2, 0.25) is 0 Å². The molecule has 0 atom stereocenters. The molecule has 11 aromatic rings. The Balaban J connectivity index is 1.09. The van der Waals surface area contributed by atoms with Crippen molar-refractivity contribution < 1.29 is 4.74 Å². The summed E-state index contributed by atoms with van der Waals surface area (Å²) in [6, 6.07) is 77.5. The fraction of sp³-hybridized carbons (Fsp3) is 0.0169. The van der Waals surface area contributed by atoms with Crippen LogP contribution in [0.1, 0.15) is 22.3 Å². The Bertz CT molecular complexity index is 3520. The maximum atomic E-state index is 7.84. The maximum absolute atomic E-state index is 7.84. The highest BCUT2D eigenvalue weighted by molar-refractivity contribution is 6.11. The largest absolute Gasteiger partial charge is 0.457 e. The number of hydrogen-bond acceptors (Lipinski definition) is 4. The van der Waals surface area contributed by atoms with Crippen LogP contribution in [0.3, 0.4) is 0 Å². The number of ether oxygens (including phenoxy) is 1. The highest BCUT2D eigenvalue weighted by Gasteiger charge is 2.46. The van der Waals surface area contributed by atoms with E-state index in [4.69, 9.17) is 26.3 Å². The van der Waals surface area contributed by atoms with E-state index >= 15 is 0 Å². The van der Waals surface area contributed by atoms with E-state index < -0.39 is 5.41 Å². The lowest BCUT2D eigenvalue weighted by molar-refractivity contribution is 0.435. The summed E-state index contributed by atoms with van der Waals surface area (Å²) in [5.41, 5.74) is 12.0. The van der Waals surface area contributed by atoms with Crippen LogP contribution in [-0.4, -0.2) is 19.5 Å². The van der Waals surface area contributed by atoms with Gasteiger partial charge in [-0.05, 0) is 94.4 Å². The van der Waals surface area contributed by atoms with Crippen LogP contribution in [0.15, 0.2) is 224 Å². The minimum absolute atomic E-state index is 0.569. The van der Waals surface area contributed by atoms with Gasteiger partial charge < -0.3 is 9.30 Å². The number of para-hydroxylation sites is 1. The molecule has 2 aromatic heterocycles. The molecule has 0 radical (unpaired) electrons. The molecule has 3 heterocycles. The second-order valence-corrected chi connectivity index (χ2v) is 16.3. The van der Waals surface area contributed by atoms with Crippen molar-refractivity contribution in [2.45, 2.75) is 5.41 Å². The number of fused-ring (bicyclic) bond motifs is 5.